The van der Waals surface area contributed by atoms with Gasteiger partial charge in [0.1, 0.15) is 5.82 Å². The van der Waals surface area contributed by atoms with Gasteiger partial charge in [-0.1, -0.05) is 12.1 Å². The smallest absolute Gasteiger partial charge is 0.334 e. The lowest BCUT2D eigenvalue weighted by Crippen LogP contribution is -2.29. The molecule has 0 N–H and O–H groups in total. The first-order valence-corrected chi connectivity index (χ1v) is 9.06. The highest BCUT2D eigenvalue weighted by molar-refractivity contribution is 7.09. The minimum absolute atomic E-state index is 0.0377. The van der Waals surface area contributed by atoms with E-state index in [0.29, 0.717) is 10.4 Å². The minimum atomic E-state index is -4.89. The number of hydrogen-bond acceptors (Lipinski definition) is 5. The molecule has 1 aromatic carbocycles. The molecule has 2 heterocycles. The van der Waals surface area contributed by atoms with Crippen molar-refractivity contribution < 1.29 is 22.4 Å². The van der Waals surface area contributed by atoms with Crippen LogP contribution in [-0.4, -0.2) is 37.8 Å². The van der Waals surface area contributed by atoms with Gasteiger partial charge < -0.3 is 4.90 Å². The predicted octanol–water partition coefficient (Wildman–Crippen LogP) is 3.72. The van der Waals surface area contributed by atoms with Crippen molar-refractivity contribution in [3.8, 4) is 5.69 Å². The number of aromatic nitrogens is 4. The summed E-state index contributed by atoms with van der Waals surface area (Å²) in [5.74, 6) is -1.55. The molecule has 0 saturated heterocycles. The van der Waals surface area contributed by atoms with E-state index in [1.165, 1.54) is 18.4 Å². The van der Waals surface area contributed by atoms with Crippen molar-refractivity contribution in [1.29, 1.82) is 0 Å². The van der Waals surface area contributed by atoms with Crippen LogP contribution >= 0.6 is 11.3 Å². The van der Waals surface area contributed by atoms with Gasteiger partial charge in [-0.3, -0.25) is 4.79 Å². The molecule has 1 amide bonds. The third-order valence-electron chi connectivity index (χ3n) is 3.86. The van der Waals surface area contributed by atoms with Gasteiger partial charge in [0.15, 0.2) is 11.4 Å². The number of halogens is 4. The molecule has 3 aromatic rings. The van der Waals surface area contributed by atoms with Crippen molar-refractivity contribution in [2.24, 2.45) is 0 Å². The first kappa shape index (κ1) is 19.9. The number of benzene rings is 1. The topological polar surface area (TPSA) is 63.9 Å². The number of rotatable bonds is 5. The zero-order valence-corrected chi connectivity index (χ0v) is 15.7. The molecule has 6 nitrogen and oxygen atoms in total. The average molecular weight is 413 g/mol. The van der Waals surface area contributed by atoms with E-state index in [1.54, 1.807) is 5.38 Å². The molecule has 0 atom stereocenters. The fraction of sp³-hybridized carbons (Fsp3) is 0.294. The summed E-state index contributed by atoms with van der Waals surface area (Å²) in [5.41, 5.74) is -1.62. The summed E-state index contributed by atoms with van der Waals surface area (Å²) in [6.45, 7) is 1.97. The summed E-state index contributed by atoms with van der Waals surface area (Å²) in [7, 11) is 1.37. The van der Waals surface area contributed by atoms with Crippen LogP contribution in [0.4, 0.5) is 17.6 Å². The number of hydrogen-bond donors (Lipinski definition) is 0. The number of aryl methyl sites for hydroxylation is 1. The Morgan fingerprint density at radius 3 is 2.50 bits per heavy atom. The Morgan fingerprint density at radius 2 is 1.93 bits per heavy atom. The Kier molecular flexibility index (Phi) is 5.45. The molecular formula is C17H15F4N5OS. The third kappa shape index (κ3) is 4.03. The highest BCUT2D eigenvalue weighted by Gasteiger charge is 2.42. The molecule has 0 aliphatic heterocycles. The van der Waals surface area contributed by atoms with E-state index in [1.807, 2.05) is 6.92 Å². The van der Waals surface area contributed by atoms with Gasteiger partial charge in [0, 0.05) is 12.4 Å². The van der Waals surface area contributed by atoms with Crippen LogP contribution < -0.4 is 0 Å². The van der Waals surface area contributed by atoms with Crippen molar-refractivity contribution in [3.63, 3.8) is 0 Å². The second-order valence-corrected chi connectivity index (χ2v) is 6.86. The predicted molar refractivity (Wildman–Crippen MR) is 93.6 cm³/mol. The Balaban J connectivity index is 1.94. The van der Waals surface area contributed by atoms with Crippen LogP contribution in [-0.2, 0) is 19.1 Å². The van der Waals surface area contributed by atoms with Gasteiger partial charge in [0.25, 0.3) is 5.91 Å². The number of nitrogens with zero attached hydrogens (tertiary/aromatic N) is 5. The lowest BCUT2D eigenvalue weighted by atomic mass is 10.2. The molecule has 0 aliphatic carbocycles. The third-order valence-corrected chi connectivity index (χ3v) is 4.90. The summed E-state index contributed by atoms with van der Waals surface area (Å²) in [6, 6.07) is 4.24. The van der Waals surface area contributed by atoms with Crippen LogP contribution in [0.1, 0.15) is 33.8 Å². The van der Waals surface area contributed by atoms with Crippen molar-refractivity contribution in [3.05, 3.63) is 57.6 Å². The maximum atomic E-state index is 13.7. The van der Waals surface area contributed by atoms with E-state index < -0.39 is 29.3 Å². The highest BCUT2D eigenvalue weighted by atomic mass is 32.1. The molecule has 0 aliphatic rings. The highest BCUT2D eigenvalue weighted by Crippen LogP contribution is 2.33. The van der Waals surface area contributed by atoms with Crippen molar-refractivity contribution in [2.75, 3.05) is 7.05 Å². The van der Waals surface area contributed by atoms with Gasteiger partial charge in [-0.05, 0) is 30.7 Å². The SMILES string of the molecule is CCc1nc(CN(C)C(=O)c2nnn(-c3ccc(F)cc3)c2C(F)(F)F)cs1. The first-order chi connectivity index (χ1) is 13.2. The van der Waals surface area contributed by atoms with Crippen LogP contribution in [0.2, 0.25) is 0 Å². The molecule has 0 radical (unpaired) electrons. The Hall–Kier alpha value is -2.82. The van der Waals surface area contributed by atoms with Gasteiger partial charge >= 0.3 is 6.18 Å². The van der Waals surface area contributed by atoms with E-state index in [9.17, 15) is 22.4 Å². The molecule has 0 bridgehead atoms. The summed E-state index contributed by atoms with van der Waals surface area (Å²) in [5, 5.41) is 9.55. The van der Waals surface area contributed by atoms with E-state index in [2.05, 4.69) is 15.3 Å². The first-order valence-electron chi connectivity index (χ1n) is 8.18. The molecule has 0 fully saturated rings. The number of thiazole rings is 1. The minimum Gasteiger partial charge on any atom is -0.334 e. The summed E-state index contributed by atoms with van der Waals surface area (Å²) >= 11 is 1.42. The Bertz CT molecular complexity index is 980. The van der Waals surface area contributed by atoms with Gasteiger partial charge in [-0.2, -0.15) is 13.2 Å². The molecule has 3 rings (SSSR count). The number of carbonyl (C=O) groups is 1. The van der Waals surface area contributed by atoms with E-state index in [4.69, 9.17) is 0 Å². The maximum absolute atomic E-state index is 13.7. The number of carbonyl (C=O) groups excluding carboxylic acids is 1. The number of alkyl halides is 3. The quantitative estimate of drug-likeness (QED) is 0.598. The standard InChI is InChI=1S/C17H15F4N5OS/c1-3-13-22-11(9-28-13)8-25(2)16(27)14-15(17(19,20)21)26(24-23-14)12-6-4-10(18)5-7-12/h4-7,9H,3,8H2,1-2H3. The fourth-order valence-corrected chi connectivity index (χ4v) is 3.26. The maximum Gasteiger partial charge on any atom is 0.435 e. The van der Waals surface area contributed by atoms with Gasteiger partial charge in [-0.25, -0.2) is 14.1 Å². The monoisotopic (exact) mass is 413 g/mol. The molecule has 148 valence electrons. The molecule has 0 saturated carbocycles. The van der Waals surface area contributed by atoms with Gasteiger partial charge in [0.2, 0.25) is 0 Å². The second-order valence-electron chi connectivity index (χ2n) is 5.92. The molecule has 0 unspecified atom stereocenters. The van der Waals surface area contributed by atoms with Gasteiger partial charge in [-0.15, -0.1) is 16.4 Å². The molecular weight excluding hydrogens is 398 g/mol. The van der Waals surface area contributed by atoms with Gasteiger partial charge in [0.05, 0.1) is 22.9 Å². The van der Waals surface area contributed by atoms with Crippen LogP contribution in [0.25, 0.3) is 5.69 Å². The van der Waals surface area contributed by atoms with E-state index in [0.717, 1.165) is 40.6 Å². The van der Waals surface area contributed by atoms with Crippen LogP contribution in [0.3, 0.4) is 0 Å². The molecule has 2 aromatic heterocycles. The number of amides is 1. The van der Waals surface area contributed by atoms with E-state index >= 15 is 0 Å². The van der Waals surface area contributed by atoms with Crippen molar-refractivity contribution >= 4 is 17.2 Å². The zero-order valence-electron chi connectivity index (χ0n) is 14.9. The molecule has 0 spiro atoms. The fourth-order valence-electron chi connectivity index (χ4n) is 2.52. The summed E-state index contributed by atoms with van der Waals surface area (Å²) < 4.78 is 54.5. The Morgan fingerprint density at radius 1 is 1.25 bits per heavy atom. The summed E-state index contributed by atoms with van der Waals surface area (Å²) in [4.78, 5) is 18.0. The van der Waals surface area contributed by atoms with Crippen LogP contribution in [0, 0.1) is 5.82 Å². The largest absolute Gasteiger partial charge is 0.435 e. The van der Waals surface area contributed by atoms with Crippen LogP contribution in [0.5, 0.6) is 0 Å². The van der Waals surface area contributed by atoms with Crippen LogP contribution in [0.15, 0.2) is 29.6 Å². The normalized spacial score (nSPS) is 11.6. The lowest BCUT2D eigenvalue weighted by Gasteiger charge is -2.16. The van der Waals surface area contributed by atoms with Crippen molar-refractivity contribution in [2.45, 2.75) is 26.1 Å². The average Bonchev–Trinajstić information content (AvgIpc) is 3.28. The Labute approximate surface area is 161 Å². The lowest BCUT2D eigenvalue weighted by molar-refractivity contribution is -0.143. The van der Waals surface area contributed by atoms with Crippen molar-refractivity contribution in [1.82, 2.24) is 24.9 Å². The van der Waals surface area contributed by atoms with E-state index in [-0.39, 0.29) is 12.2 Å². The molecule has 11 heteroatoms. The second kappa shape index (κ2) is 7.66. The molecule has 28 heavy (non-hydrogen) atoms. The summed E-state index contributed by atoms with van der Waals surface area (Å²) in [6.07, 6.45) is -4.16. The zero-order chi connectivity index (χ0) is 20.5.